The van der Waals surface area contributed by atoms with Gasteiger partial charge in [-0.3, -0.25) is 4.79 Å². The number of para-hydroxylation sites is 1. The van der Waals surface area contributed by atoms with Crippen molar-refractivity contribution < 1.29 is 28.5 Å². The van der Waals surface area contributed by atoms with Crippen LogP contribution in [0.4, 0.5) is 5.69 Å². The summed E-state index contributed by atoms with van der Waals surface area (Å²) in [7, 11) is 0. The fourth-order valence-corrected chi connectivity index (χ4v) is 4.26. The second kappa shape index (κ2) is 7.14. The van der Waals surface area contributed by atoms with Crippen LogP contribution in [-0.2, 0) is 16.1 Å². The van der Waals surface area contributed by atoms with E-state index in [1.807, 2.05) is 24.3 Å². The van der Waals surface area contributed by atoms with Gasteiger partial charge in [0.25, 0.3) is 5.91 Å². The number of carbonyl (C=O) groups excluding carboxylic acids is 2. The fraction of sp³-hybridized carbons (Fsp3) is 0.143. The number of esters is 1. The predicted octanol–water partition coefficient (Wildman–Crippen LogP) is 3.83. The summed E-state index contributed by atoms with van der Waals surface area (Å²) in [5.74, 6) is 1.01. The molecule has 3 heterocycles. The van der Waals surface area contributed by atoms with Crippen LogP contribution in [0.3, 0.4) is 0 Å². The molecule has 29 heavy (non-hydrogen) atoms. The van der Waals surface area contributed by atoms with E-state index in [1.165, 1.54) is 11.3 Å². The van der Waals surface area contributed by atoms with Gasteiger partial charge in [-0.05, 0) is 30.3 Å². The number of hydrogen-bond donors (Lipinski definition) is 1. The van der Waals surface area contributed by atoms with Crippen LogP contribution in [0.5, 0.6) is 17.2 Å². The number of benzene rings is 2. The minimum atomic E-state index is -0.539. The molecular weight excluding hydrogens is 394 g/mol. The molecule has 5 rings (SSSR count). The summed E-state index contributed by atoms with van der Waals surface area (Å²) in [5.41, 5.74) is 2.43. The maximum Gasteiger partial charge on any atom is 0.348 e. The number of carbonyl (C=O) groups is 2. The number of thiophene rings is 1. The van der Waals surface area contributed by atoms with E-state index in [4.69, 9.17) is 18.9 Å². The molecule has 0 bridgehead atoms. The summed E-state index contributed by atoms with van der Waals surface area (Å²) in [4.78, 5) is 26.0. The number of ether oxygens (including phenoxy) is 4. The van der Waals surface area contributed by atoms with Crippen LogP contribution in [0.15, 0.2) is 48.5 Å². The average Bonchev–Trinajstić information content (AvgIpc) is 3.38. The minimum absolute atomic E-state index is 0.157. The molecular formula is C21H15NO6S. The van der Waals surface area contributed by atoms with E-state index >= 15 is 0 Å². The zero-order valence-corrected chi connectivity index (χ0v) is 15.9. The third-order valence-electron chi connectivity index (χ3n) is 4.52. The Morgan fingerprint density at radius 1 is 1.00 bits per heavy atom. The van der Waals surface area contributed by atoms with Gasteiger partial charge in [0.2, 0.25) is 6.79 Å². The first kappa shape index (κ1) is 17.6. The highest BCUT2D eigenvalue weighted by Crippen LogP contribution is 2.42. The van der Waals surface area contributed by atoms with Gasteiger partial charge in [0.15, 0.2) is 18.1 Å². The lowest BCUT2D eigenvalue weighted by atomic mass is 10.1. The Balaban J connectivity index is 1.23. The van der Waals surface area contributed by atoms with E-state index in [9.17, 15) is 9.59 Å². The van der Waals surface area contributed by atoms with Gasteiger partial charge in [0.1, 0.15) is 17.2 Å². The van der Waals surface area contributed by atoms with Crippen LogP contribution >= 0.6 is 11.3 Å². The lowest BCUT2D eigenvalue weighted by Crippen LogP contribution is -2.20. The number of anilines is 1. The van der Waals surface area contributed by atoms with E-state index in [0.29, 0.717) is 28.7 Å². The van der Waals surface area contributed by atoms with Crippen molar-refractivity contribution in [3.8, 4) is 27.7 Å². The second-order valence-corrected chi connectivity index (χ2v) is 7.49. The number of rotatable bonds is 4. The Morgan fingerprint density at radius 2 is 1.86 bits per heavy atom. The Hall–Kier alpha value is -3.52. The quantitative estimate of drug-likeness (QED) is 0.660. The number of hydrogen-bond acceptors (Lipinski definition) is 7. The van der Waals surface area contributed by atoms with Crippen molar-refractivity contribution in [2.75, 3.05) is 18.7 Å². The van der Waals surface area contributed by atoms with E-state index in [0.717, 1.165) is 21.8 Å². The summed E-state index contributed by atoms with van der Waals surface area (Å²) >= 11 is 1.34. The highest BCUT2D eigenvalue weighted by molar-refractivity contribution is 7.17. The third kappa shape index (κ3) is 3.38. The van der Waals surface area contributed by atoms with Gasteiger partial charge < -0.3 is 24.3 Å². The van der Waals surface area contributed by atoms with Crippen LogP contribution < -0.4 is 19.5 Å². The highest BCUT2D eigenvalue weighted by Gasteiger charge is 2.23. The maximum absolute atomic E-state index is 12.4. The predicted molar refractivity (Wildman–Crippen MR) is 106 cm³/mol. The third-order valence-corrected chi connectivity index (χ3v) is 5.71. The lowest BCUT2D eigenvalue weighted by molar-refractivity contribution is -0.119. The van der Waals surface area contributed by atoms with E-state index in [2.05, 4.69) is 5.32 Å². The second-order valence-electron chi connectivity index (χ2n) is 6.44. The SMILES string of the molecule is O=C(COC(=O)c1cc2c(s1)-c1ccccc1OC2)Nc1ccc2c(c1)OCO2. The zero-order valence-electron chi connectivity index (χ0n) is 15.1. The van der Waals surface area contributed by atoms with Gasteiger partial charge in [-0.1, -0.05) is 12.1 Å². The molecule has 1 N–H and O–H groups in total. The summed E-state index contributed by atoms with van der Waals surface area (Å²) < 4.78 is 21.4. The van der Waals surface area contributed by atoms with E-state index in [-0.39, 0.29) is 13.4 Å². The normalized spacial score (nSPS) is 13.1. The summed E-state index contributed by atoms with van der Waals surface area (Å²) in [6, 6.07) is 14.5. The molecule has 2 aromatic carbocycles. The van der Waals surface area contributed by atoms with Gasteiger partial charge in [-0.15, -0.1) is 11.3 Å². The fourth-order valence-electron chi connectivity index (χ4n) is 3.17. The minimum Gasteiger partial charge on any atom is -0.488 e. The van der Waals surface area contributed by atoms with Crippen molar-refractivity contribution in [3.63, 3.8) is 0 Å². The van der Waals surface area contributed by atoms with Crippen LogP contribution in [0.2, 0.25) is 0 Å². The van der Waals surface area contributed by atoms with Crippen molar-refractivity contribution in [1.82, 2.24) is 0 Å². The molecule has 0 atom stereocenters. The monoisotopic (exact) mass is 409 g/mol. The Bertz CT molecular complexity index is 1120. The Morgan fingerprint density at radius 3 is 2.79 bits per heavy atom. The van der Waals surface area contributed by atoms with Crippen molar-refractivity contribution in [2.45, 2.75) is 6.61 Å². The maximum atomic E-state index is 12.4. The topological polar surface area (TPSA) is 83.1 Å². The van der Waals surface area contributed by atoms with Crippen molar-refractivity contribution in [1.29, 1.82) is 0 Å². The van der Waals surface area contributed by atoms with E-state index < -0.39 is 11.9 Å². The van der Waals surface area contributed by atoms with Crippen molar-refractivity contribution in [3.05, 3.63) is 59.0 Å². The zero-order chi connectivity index (χ0) is 19.8. The largest absolute Gasteiger partial charge is 0.488 e. The first-order valence-electron chi connectivity index (χ1n) is 8.89. The van der Waals surface area contributed by atoms with Crippen LogP contribution in [0.1, 0.15) is 15.2 Å². The van der Waals surface area contributed by atoms with Gasteiger partial charge in [-0.2, -0.15) is 0 Å². The molecule has 2 aliphatic rings. The molecule has 2 aliphatic heterocycles. The number of amides is 1. The van der Waals surface area contributed by atoms with Gasteiger partial charge in [-0.25, -0.2) is 4.79 Å². The van der Waals surface area contributed by atoms with Crippen LogP contribution in [0, 0.1) is 0 Å². The molecule has 0 unspecified atom stereocenters. The Kier molecular flexibility index (Phi) is 4.33. The molecule has 1 aromatic heterocycles. The summed E-state index contributed by atoms with van der Waals surface area (Å²) in [6.45, 7) is 0.175. The molecule has 8 heteroatoms. The van der Waals surface area contributed by atoms with Gasteiger partial charge >= 0.3 is 5.97 Å². The molecule has 0 aliphatic carbocycles. The molecule has 0 spiro atoms. The average molecular weight is 409 g/mol. The molecule has 1 amide bonds. The summed E-state index contributed by atoms with van der Waals surface area (Å²) in [6.07, 6.45) is 0. The molecule has 0 saturated heterocycles. The number of nitrogens with one attached hydrogen (secondary N) is 1. The number of fused-ring (bicyclic) bond motifs is 4. The van der Waals surface area contributed by atoms with Crippen molar-refractivity contribution >= 4 is 28.9 Å². The molecule has 0 fully saturated rings. The standard InChI is InChI=1S/C21H15NO6S/c23-19(22-13-5-6-16-17(8-13)28-11-27-16)10-26-21(24)18-7-12-9-25-15-4-2-1-3-14(15)20(12)29-18/h1-8H,9-11H2,(H,22,23). The Labute approximate surface area is 169 Å². The molecule has 7 nitrogen and oxygen atoms in total. The smallest absolute Gasteiger partial charge is 0.348 e. The molecule has 0 radical (unpaired) electrons. The lowest BCUT2D eigenvalue weighted by Gasteiger charge is -2.16. The van der Waals surface area contributed by atoms with E-state index in [1.54, 1.807) is 24.3 Å². The van der Waals surface area contributed by atoms with Crippen LogP contribution in [0.25, 0.3) is 10.4 Å². The van der Waals surface area contributed by atoms with Crippen LogP contribution in [-0.4, -0.2) is 25.3 Å². The van der Waals surface area contributed by atoms with Gasteiger partial charge in [0.05, 0.1) is 0 Å². The highest BCUT2D eigenvalue weighted by atomic mass is 32.1. The molecule has 0 saturated carbocycles. The van der Waals surface area contributed by atoms with Gasteiger partial charge in [0, 0.05) is 27.8 Å². The first-order valence-corrected chi connectivity index (χ1v) is 9.70. The first-order chi connectivity index (χ1) is 14.2. The molecule has 146 valence electrons. The van der Waals surface area contributed by atoms with Crippen molar-refractivity contribution in [2.24, 2.45) is 0 Å². The molecule has 3 aromatic rings. The summed E-state index contributed by atoms with van der Waals surface area (Å²) in [5, 5.41) is 2.67.